The number of aryl methyl sites for hydroxylation is 1. The molecule has 3 N–H and O–H groups in total. The third-order valence-electron chi connectivity index (χ3n) is 7.51. The van der Waals surface area contributed by atoms with Gasteiger partial charge in [0.1, 0.15) is 17.7 Å². The van der Waals surface area contributed by atoms with Crippen LogP contribution in [0.5, 0.6) is 0 Å². The number of benzene rings is 1. The summed E-state index contributed by atoms with van der Waals surface area (Å²) in [6.07, 6.45) is 1.25. The molecule has 2 aromatic rings. The van der Waals surface area contributed by atoms with Crippen LogP contribution in [0, 0.1) is 12.3 Å². The molecule has 1 aliphatic rings. The zero-order chi connectivity index (χ0) is 32.2. The molecule has 1 saturated heterocycles. The molecule has 43 heavy (non-hydrogen) atoms. The zero-order valence-corrected chi connectivity index (χ0v) is 27.7. The molecule has 11 heteroatoms. The van der Waals surface area contributed by atoms with Crippen LogP contribution >= 0.6 is 11.3 Å². The van der Waals surface area contributed by atoms with Gasteiger partial charge < -0.3 is 25.6 Å². The minimum absolute atomic E-state index is 0.100. The number of aromatic nitrogens is 1. The average molecular weight is 614 g/mol. The van der Waals surface area contributed by atoms with Gasteiger partial charge in [0, 0.05) is 20.0 Å². The Bertz CT molecular complexity index is 1310. The molecule has 2 atom stereocenters. The van der Waals surface area contributed by atoms with Gasteiger partial charge in [-0.1, -0.05) is 45.0 Å². The maximum atomic E-state index is 13.9. The second-order valence-electron chi connectivity index (χ2n) is 13.5. The molecule has 4 amide bonds. The van der Waals surface area contributed by atoms with Gasteiger partial charge in [-0.15, -0.1) is 11.3 Å². The van der Waals surface area contributed by atoms with Crippen LogP contribution in [-0.4, -0.2) is 69.9 Å². The smallest absolute Gasteiger partial charge is 0.252 e. The summed E-state index contributed by atoms with van der Waals surface area (Å²) in [5, 5.41) is 8.71. The number of rotatable bonds is 11. The Hall–Kier alpha value is -3.31. The van der Waals surface area contributed by atoms with Crippen molar-refractivity contribution in [1.29, 1.82) is 0 Å². The largest absolute Gasteiger partial charge is 0.363 e. The molecular formula is C32H47N5O5S. The third kappa shape index (κ3) is 9.09. The summed E-state index contributed by atoms with van der Waals surface area (Å²) in [6, 6.07) is 6.53. The maximum Gasteiger partial charge on any atom is 0.252 e. The molecule has 1 fully saturated rings. The molecule has 0 spiro atoms. The van der Waals surface area contributed by atoms with E-state index in [2.05, 4.69) is 20.9 Å². The highest BCUT2D eigenvalue weighted by Crippen LogP contribution is 2.28. The number of carbonyl (C=O) groups excluding carboxylic acids is 4. The summed E-state index contributed by atoms with van der Waals surface area (Å²) >= 11 is 1.59. The van der Waals surface area contributed by atoms with E-state index in [4.69, 9.17) is 4.74 Å². The number of nitrogens with one attached hydrogen (secondary N) is 3. The van der Waals surface area contributed by atoms with Crippen LogP contribution in [0.4, 0.5) is 0 Å². The molecule has 1 aromatic carbocycles. The Kier molecular flexibility index (Phi) is 10.8. The van der Waals surface area contributed by atoms with Gasteiger partial charge in [0.25, 0.3) is 5.91 Å². The van der Waals surface area contributed by atoms with Crippen molar-refractivity contribution in [1.82, 2.24) is 25.8 Å². The Balaban J connectivity index is 1.64. The van der Waals surface area contributed by atoms with Crippen LogP contribution in [-0.2, 0) is 30.5 Å². The van der Waals surface area contributed by atoms with Crippen molar-refractivity contribution >= 4 is 35.0 Å². The van der Waals surface area contributed by atoms with E-state index >= 15 is 0 Å². The first-order valence-electron chi connectivity index (χ1n) is 14.7. The first kappa shape index (κ1) is 34.2. The summed E-state index contributed by atoms with van der Waals surface area (Å²) in [6.45, 7) is 16.8. The van der Waals surface area contributed by atoms with Gasteiger partial charge in [-0.05, 0) is 64.0 Å². The minimum atomic E-state index is -1.27. The van der Waals surface area contributed by atoms with E-state index in [1.165, 1.54) is 6.92 Å². The molecular weight excluding hydrogens is 566 g/mol. The molecule has 1 aromatic heterocycles. The number of nitrogens with zero attached hydrogens (tertiary/aromatic N) is 2. The van der Waals surface area contributed by atoms with Gasteiger partial charge in [0.05, 0.1) is 28.2 Å². The normalized spacial score (nSPS) is 16.5. The molecule has 2 unspecified atom stereocenters. The maximum absolute atomic E-state index is 13.9. The fraction of sp³-hybridized carbons (Fsp3) is 0.594. The SMILES string of the molecule is CC(=O)NC(C)(C)COC(C)(C)C(=O)NC(C(=O)N1CCCC1C(=O)NCc1ccc(-c2scnc2C)cc1)C(C)(C)C. The topological polar surface area (TPSA) is 130 Å². The summed E-state index contributed by atoms with van der Waals surface area (Å²) in [4.78, 5) is 59.1. The van der Waals surface area contributed by atoms with Gasteiger partial charge in [-0.25, -0.2) is 4.98 Å². The number of amides is 4. The summed E-state index contributed by atoms with van der Waals surface area (Å²) in [5.41, 5.74) is 2.29. The van der Waals surface area contributed by atoms with Gasteiger partial charge in [0.2, 0.25) is 17.7 Å². The number of ether oxygens (including phenoxy) is 1. The fourth-order valence-electron chi connectivity index (χ4n) is 5.02. The van der Waals surface area contributed by atoms with E-state index < -0.39 is 34.5 Å². The Morgan fingerprint density at radius 1 is 1.07 bits per heavy atom. The van der Waals surface area contributed by atoms with Crippen molar-refractivity contribution in [2.24, 2.45) is 5.41 Å². The van der Waals surface area contributed by atoms with Crippen molar-refractivity contribution in [3.05, 3.63) is 41.0 Å². The molecule has 236 valence electrons. The van der Waals surface area contributed by atoms with Gasteiger partial charge >= 0.3 is 0 Å². The van der Waals surface area contributed by atoms with Crippen LogP contribution in [0.1, 0.15) is 79.5 Å². The van der Waals surface area contributed by atoms with E-state index in [0.29, 0.717) is 25.9 Å². The third-order valence-corrected chi connectivity index (χ3v) is 8.49. The van der Waals surface area contributed by atoms with Crippen molar-refractivity contribution in [2.75, 3.05) is 13.2 Å². The molecule has 3 rings (SSSR count). The predicted octanol–water partition coefficient (Wildman–Crippen LogP) is 3.97. The lowest BCUT2D eigenvalue weighted by Gasteiger charge is -2.38. The second-order valence-corrected chi connectivity index (χ2v) is 14.4. The van der Waals surface area contributed by atoms with Crippen LogP contribution < -0.4 is 16.0 Å². The fourth-order valence-corrected chi connectivity index (χ4v) is 5.83. The first-order valence-corrected chi connectivity index (χ1v) is 15.6. The lowest BCUT2D eigenvalue weighted by molar-refractivity contribution is -0.152. The molecule has 0 radical (unpaired) electrons. The highest BCUT2D eigenvalue weighted by Gasteiger charge is 2.44. The van der Waals surface area contributed by atoms with Crippen molar-refractivity contribution in [3.63, 3.8) is 0 Å². The van der Waals surface area contributed by atoms with E-state index in [0.717, 1.165) is 21.7 Å². The van der Waals surface area contributed by atoms with Crippen molar-refractivity contribution in [2.45, 2.75) is 105 Å². The predicted molar refractivity (Wildman–Crippen MR) is 168 cm³/mol. The van der Waals surface area contributed by atoms with Gasteiger partial charge in [-0.2, -0.15) is 0 Å². The van der Waals surface area contributed by atoms with E-state index in [-0.39, 0.29) is 24.3 Å². The summed E-state index contributed by atoms with van der Waals surface area (Å²) in [7, 11) is 0. The van der Waals surface area contributed by atoms with Gasteiger partial charge in [-0.3, -0.25) is 19.2 Å². The second kappa shape index (κ2) is 13.5. The Morgan fingerprint density at radius 2 is 1.72 bits per heavy atom. The molecule has 2 heterocycles. The highest BCUT2D eigenvalue weighted by atomic mass is 32.1. The summed E-state index contributed by atoms with van der Waals surface area (Å²) < 4.78 is 5.92. The monoisotopic (exact) mass is 613 g/mol. The quantitative estimate of drug-likeness (QED) is 0.352. The highest BCUT2D eigenvalue weighted by molar-refractivity contribution is 7.13. The van der Waals surface area contributed by atoms with Crippen molar-refractivity contribution < 1.29 is 23.9 Å². The summed E-state index contributed by atoms with van der Waals surface area (Å²) in [5.74, 6) is -1.15. The lowest BCUT2D eigenvalue weighted by atomic mass is 9.85. The van der Waals surface area contributed by atoms with Crippen molar-refractivity contribution in [3.8, 4) is 10.4 Å². The molecule has 0 bridgehead atoms. The number of hydrogen-bond donors (Lipinski definition) is 3. The molecule has 1 aliphatic heterocycles. The van der Waals surface area contributed by atoms with Gasteiger partial charge in [0.15, 0.2) is 0 Å². The van der Waals surface area contributed by atoms with Crippen LogP contribution in [0.15, 0.2) is 29.8 Å². The Morgan fingerprint density at radius 3 is 2.28 bits per heavy atom. The molecule has 0 aliphatic carbocycles. The van der Waals surface area contributed by atoms with E-state index in [1.807, 2.05) is 57.5 Å². The zero-order valence-electron chi connectivity index (χ0n) is 26.9. The number of thiazole rings is 1. The Labute approximate surface area is 259 Å². The van der Waals surface area contributed by atoms with Crippen LogP contribution in [0.2, 0.25) is 0 Å². The average Bonchev–Trinajstić information content (AvgIpc) is 3.57. The standard InChI is InChI=1S/C32H47N5O5S/c1-20-25(43-19-34-20)23-14-12-22(13-15-23)17-33-27(39)24-11-10-16-37(24)28(40)26(30(3,4)5)35-29(41)32(8,9)42-18-31(6,7)36-21(2)38/h12-15,19,24,26H,10-11,16-18H2,1-9H3,(H,33,39)(H,35,41)(H,36,38). The molecule has 10 nitrogen and oxygen atoms in total. The number of hydrogen-bond acceptors (Lipinski definition) is 7. The van der Waals surface area contributed by atoms with Crippen LogP contribution in [0.3, 0.4) is 0 Å². The lowest BCUT2D eigenvalue weighted by Crippen LogP contribution is -2.61. The van der Waals surface area contributed by atoms with E-state index in [1.54, 1.807) is 43.9 Å². The number of carbonyl (C=O) groups is 4. The minimum Gasteiger partial charge on any atom is -0.363 e. The molecule has 0 saturated carbocycles. The number of likely N-dealkylation sites (tertiary alicyclic amines) is 1. The van der Waals surface area contributed by atoms with Crippen LogP contribution in [0.25, 0.3) is 10.4 Å². The van der Waals surface area contributed by atoms with E-state index in [9.17, 15) is 19.2 Å². The first-order chi connectivity index (χ1) is 19.9.